The summed E-state index contributed by atoms with van der Waals surface area (Å²) in [6.45, 7) is 3.29. The van der Waals surface area contributed by atoms with Crippen molar-refractivity contribution >= 4 is 11.9 Å². The molecule has 0 aromatic heterocycles. The zero-order chi connectivity index (χ0) is 19.0. The van der Waals surface area contributed by atoms with Gasteiger partial charge < -0.3 is 41.3 Å². The number of rotatable bonds is 10. The maximum absolute atomic E-state index is 12.0. The third-order valence-electron chi connectivity index (χ3n) is 3.35. The van der Waals surface area contributed by atoms with Crippen LogP contribution in [0.25, 0.3) is 0 Å². The Bertz CT molecular complexity index is 404. The Morgan fingerprint density at radius 3 is 1.96 bits per heavy atom. The van der Waals surface area contributed by atoms with E-state index in [4.69, 9.17) is 15.6 Å². The Balaban J connectivity index is 4.64. The van der Waals surface area contributed by atoms with Gasteiger partial charge in [0, 0.05) is 0 Å². The second-order valence-corrected chi connectivity index (χ2v) is 5.95. The van der Waals surface area contributed by atoms with Crippen molar-refractivity contribution in [3.8, 4) is 0 Å². The first-order valence-corrected chi connectivity index (χ1v) is 7.58. The number of esters is 1. The van der Waals surface area contributed by atoms with Crippen molar-refractivity contribution in [3.05, 3.63) is 0 Å². The first kappa shape index (κ1) is 22.7. The molecule has 0 saturated carbocycles. The average Bonchev–Trinajstić information content (AvgIpc) is 2.53. The minimum atomic E-state index is -1.84. The van der Waals surface area contributed by atoms with Gasteiger partial charge in [-0.25, -0.2) is 4.79 Å². The molecule has 10 heteroatoms. The van der Waals surface area contributed by atoms with Crippen molar-refractivity contribution in [3.63, 3.8) is 0 Å². The molecule has 6 atom stereocenters. The zero-order valence-corrected chi connectivity index (χ0v) is 14.0. The summed E-state index contributed by atoms with van der Waals surface area (Å²) in [4.78, 5) is 23.6. The molecule has 8 N–H and O–H groups in total. The monoisotopic (exact) mass is 352 g/mol. The van der Waals surface area contributed by atoms with Crippen LogP contribution in [0.5, 0.6) is 0 Å². The van der Waals surface area contributed by atoms with E-state index in [0.29, 0.717) is 0 Å². The van der Waals surface area contributed by atoms with Crippen LogP contribution in [-0.2, 0) is 14.3 Å². The molecular weight excluding hydrogens is 324 g/mol. The van der Waals surface area contributed by atoms with Gasteiger partial charge in [0.25, 0.3) is 0 Å². The summed E-state index contributed by atoms with van der Waals surface area (Å²) >= 11 is 0. The highest BCUT2D eigenvalue weighted by molar-refractivity contribution is 5.87. The predicted molar refractivity (Wildman–Crippen MR) is 82.5 cm³/mol. The molecule has 0 rings (SSSR count). The smallest absolute Gasteiger partial charge is 0.328 e. The van der Waals surface area contributed by atoms with Gasteiger partial charge in [0.15, 0.2) is 0 Å². The summed E-state index contributed by atoms with van der Waals surface area (Å²) in [5.74, 6) is -1.71. The van der Waals surface area contributed by atoms with E-state index < -0.39 is 61.6 Å². The summed E-state index contributed by atoms with van der Waals surface area (Å²) < 4.78 is 4.83. The molecule has 0 bridgehead atoms. The molecule has 0 fully saturated rings. The first-order valence-electron chi connectivity index (χ1n) is 7.58. The van der Waals surface area contributed by atoms with Gasteiger partial charge in [-0.2, -0.15) is 0 Å². The quantitative estimate of drug-likeness (QED) is 0.196. The second kappa shape index (κ2) is 10.5. The van der Waals surface area contributed by atoms with Crippen molar-refractivity contribution < 1.29 is 39.9 Å². The van der Waals surface area contributed by atoms with Gasteiger partial charge in [0.05, 0.1) is 12.6 Å². The Morgan fingerprint density at radius 1 is 1.04 bits per heavy atom. The lowest BCUT2D eigenvalue weighted by molar-refractivity contribution is -0.160. The fraction of sp³-hybridized carbons (Fsp3) is 0.857. The van der Waals surface area contributed by atoms with Gasteiger partial charge in [-0.05, 0) is 12.8 Å². The van der Waals surface area contributed by atoms with Crippen LogP contribution in [0.2, 0.25) is 0 Å². The summed E-state index contributed by atoms with van der Waals surface area (Å²) in [6, 6.07) is -1.82. The molecule has 142 valence electrons. The summed E-state index contributed by atoms with van der Waals surface area (Å²) in [7, 11) is 0. The molecule has 0 aliphatic rings. The van der Waals surface area contributed by atoms with Crippen molar-refractivity contribution in [1.29, 1.82) is 0 Å². The average molecular weight is 352 g/mol. The third-order valence-corrected chi connectivity index (χ3v) is 3.35. The Kier molecular flexibility index (Phi) is 9.97. The standard InChI is InChI=1S/C14H28N2O8/c1-6(2)10(16-13(22)7(3)15)14(23)24-5-9(19)12(21)11(20)8(18)4-17/h6-12,17-21H,4-5,15H2,1-3H3,(H,16,22)/t7-,8+,9-,10-,11+,12+/m0/s1. The molecular formula is C14H28N2O8. The summed E-state index contributed by atoms with van der Waals surface area (Å²) in [6.07, 6.45) is -7.00. The molecule has 0 radical (unpaired) electrons. The Morgan fingerprint density at radius 2 is 1.54 bits per heavy atom. The molecule has 0 aliphatic carbocycles. The number of nitrogens with one attached hydrogen (secondary N) is 1. The van der Waals surface area contributed by atoms with Crippen molar-refractivity contribution in [2.45, 2.75) is 57.3 Å². The SMILES string of the molecule is CC(C)[C@H](NC(=O)[C@H](C)N)C(=O)OC[C@H](O)[C@@H](O)[C@H](O)[C@H](O)CO. The van der Waals surface area contributed by atoms with Gasteiger partial charge in [-0.1, -0.05) is 13.8 Å². The van der Waals surface area contributed by atoms with Crippen LogP contribution >= 0.6 is 0 Å². The fourth-order valence-electron chi connectivity index (χ4n) is 1.70. The first-order chi connectivity index (χ1) is 11.0. The lowest BCUT2D eigenvalue weighted by Crippen LogP contribution is -2.51. The minimum absolute atomic E-state index is 0.316. The molecule has 0 aromatic rings. The van der Waals surface area contributed by atoms with Crippen LogP contribution in [0.3, 0.4) is 0 Å². The third kappa shape index (κ3) is 7.07. The number of aliphatic hydroxyl groups excluding tert-OH is 5. The molecule has 24 heavy (non-hydrogen) atoms. The van der Waals surface area contributed by atoms with Gasteiger partial charge >= 0.3 is 5.97 Å². The van der Waals surface area contributed by atoms with Crippen LogP contribution in [0.1, 0.15) is 20.8 Å². The van der Waals surface area contributed by atoms with Crippen LogP contribution < -0.4 is 11.1 Å². The Labute approximate surface area is 140 Å². The van der Waals surface area contributed by atoms with Crippen LogP contribution in [0, 0.1) is 5.92 Å². The lowest BCUT2D eigenvalue weighted by Gasteiger charge is -2.26. The van der Waals surface area contributed by atoms with E-state index in [1.165, 1.54) is 6.92 Å². The van der Waals surface area contributed by atoms with E-state index >= 15 is 0 Å². The van der Waals surface area contributed by atoms with Crippen LogP contribution in [0.15, 0.2) is 0 Å². The fourth-order valence-corrected chi connectivity index (χ4v) is 1.70. The minimum Gasteiger partial charge on any atom is -0.461 e. The number of ether oxygens (including phenoxy) is 1. The maximum Gasteiger partial charge on any atom is 0.328 e. The molecule has 0 heterocycles. The van der Waals surface area contributed by atoms with E-state index in [9.17, 15) is 30.0 Å². The number of aliphatic hydroxyl groups is 5. The van der Waals surface area contributed by atoms with Gasteiger partial charge in [-0.3, -0.25) is 4.79 Å². The topological polar surface area (TPSA) is 183 Å². The highest BCUT2D eigenvalue weighted by Crippen LogP contribution is 2.08. The van der Waals surface area contributed by atoms with E-state index in [1.807, 2.05) is 0 Å². The molecule has 0 unspecified atom stereocenters. The highest BCUT2D eigenvalue weighted by atomic mass is 16.5. The molecule has 0 spiro atoms. The number of hydrogen-bond donors (Lipinski definition) is 7. The van der Waals surface area contributed by atoms with Crippen LogP contribution in [-0.4, -0.2) is 87.1 Å². The second-order valence-electron chi connectivity index (χ2n) is 5.95. The van der Waals surface area contributed by atoms with E-state index in [-0.39, 0.29) is 5.92 Å². The predicted octanol–water partition coefficient (Wildman–Crippen LogP) is -3.55. The maximum atomic E-state index is 12.0. The highest BCUT2D eigenvalue weighted by Gasteiger charge is 2.32. The summed E-state index contributed by atoms with van der Waals surface area (Å²) in [5, 5.41) is 49.1. The molecule has 0 aliphatic heterocycles. The van der Waals surface area contributed by atoms with Gasteiger partial charge in [0.1, 0.15) is 37.1 Å². The van der Waals surface area contributed by atoms with Crippen molar-refractivity contribution in [2.24, 2.45) is 11.7 Å². The van der Waals surface area contributed by atoms with E-state index in [0.717, 1.165) is 0 Å². The largest absolute Gasteiger partial charge is 0.461 e. The number of nitrogens with two attached hydrogens (primary N) is 1. The van der Waals surface area contributed by atoms with Crippen LogP contribution in [0.4, 0.5) is 0 Å². The normalized spacial score (nSPS) is 19.1. The number of carbonyl (C=O) groups is 2. The number of hydrogen-bond acceptors (Lipinski definition) is 9. The van der Waals surface area contributed by atoms with Crippen molar-refractivity contribution in [2.75, 3.05) is 13.2 Å². The lowest BCUT2D eigenvalue weighted by atomic mass is 10.0. The zero-order valence-electron chi connectivity index (χ0n) is 14.0. The molecule has 0 saturated heterocycles. The molecule has 1 amide bonds. The van der Waals surface area contributed by atoms with E-state index in [2.05, 4.69) is 5.32 Å². The molecule has 0 aromatic carbocycles. The summed E-state index contributed by atoms with van der Waals surface area (Å²) in [5.41, 5.74) is 5.41. The Hall–Kier alpha value is -1.30. The van der Waals surface area contributed by atoms with Gasteiger partial charge in [0.2, 0.25) is 5.91 Å². The van der Waals surface area contributed by atoms with E-state index in [1.54, 1.807) is 13.8 Å². The van der Waals surface area contributed by atoms with Crippen molar-refractivity contribution in [1.82, 2.24) is 5.32 Å². The number of amides is 1. The molecule has 10 nitrogen and oxygen atoms in total. The van der Waals surface area contributed by atoms with Gasteiger partial charge in [-0.15, -0.1) is 0 Å². The number of carbonyl (C=O) groups excluding carboxylic acids is 2.